The highest BCUT2D eigenvalue weighted by Crippen LogP contribution is 2.23. The molecule has 0 aliphatic carbocycles. The Morgan fingerprint density at radius 2 is 1.86 bits per heavy atom. The van der Waals surface area contributed by atoms with Crippen LogP contribution in [0, 0.1) is 0 Å². The van der Waals surface area contributed by atoms with Gasteiger partial charge in [0.25, 0.3) is 0 Å². The molecule has 0 amide bonds. The number of anilines is 3. The summed E-state index contributed by atoms with van der Waals surface area (Å²) in [4.78, 5) is 15.3. The Bertz CT molecular complexity index is 796. The van der Waals surface area contributed by atoms with Gasteiger partial charge in [-0.25, -0.2) is 9.97 Å². The van der Waals surface area contributed by atoms with Crippen LogP contribution in [0.3, 0.4) is 0 Å². The van der Waals surface area contributed by atoms with Crippen LogP contribution >= 0.6 is 0 Å². The normalized spacial score (nSPS) is 14.5. The predicted octanol–water partition coefficient (Wildman–Crippen LogP) is 3.37. The Hall–Kier alpha value is -2.69. The van der Waals surface area contributed by atoms with Crippen LogP contribution < -0.4 is 10.2 Å². The summed E-state index contributed by atoms with van der Waals surface area (Å²) in [5.74, 6) is 1.82. The minimum Gasteiger partial charge on any atom is -0.356 e. The molecule has 0 saturated carbocycles. The number of hydrogen-bond acceptors (Lipinski definition) is 5. The van der Waals surface area contributed by atoms with Crippen molar-refractivity contribution in [2.45, 2.75) is 12.8 Å². The molecule has 1 aromatic carbocycles. The molecule has 3 aromatic rings. The Balaban J connectivity index is 1.60. The number of aromatic nitrogens is 3. The summed E-state index contributed by atoms with van der Waals surface area (Å²) in [6.45, 7) is 2.16. The van der Waals surface area contributed by atoms with Crippen molar-refractivity contribution < 1.29 is 0 Å². The molecular weight excluding hydrogens is 274 g/mol. The molecule has 1 saturated heterocycles. The Labute approximate surface area is 129 Å². The summed E-state index contributed by atoms with van der Waals surface area (Å²) < 4.78 is 0. The van der Waals surface area contributed by atoms with Crippen molar-refractivity contribution in [1.29, 1.82) is 0 Å². The molecule has 5 heteroatoms. The SMILES string of the molecule is c1cnc2ccc(Nc3cc(N4CCCC4)ncn3)cc2c1. The third-order valence-electron chi connectivity index (χ3n) is 3.96. The van der Waals surface area contributed by atoms with E-state index in [1.165, 1.54) is 12.8 Å². The molecule has 1 aliphatic rings. The molecule has 0 unspecified atom stereocenters. The second kappa shape index (κ2) is 5.60. The molecule has 5 nitrogen and oxygen atoms in total. The van der Waals surface area contributed by atoms with Gasteiger partial charge in [-0.1, -0.05) is 6.07 Å². The molecular formula is C17H17N5. The van der Waals surface area contributed by atoms with Crippen LogP contribution in [0.4, 0.5) is 17.3 Å². The van der Waals surface area contributed by atoms with Gasteiger partial charge in [0.15, 0.2) is 0 Å². The number of benzene rings is 1. The first-order valence-corrected chi connectivity index (χ1v) is 7.57. The van der Waals surface area contributed by atoms with E-state index < -0.39 is 0 Å². The number of rotatable bonds is 3. The number of hydrogen-bond donors (Lipinski definition) is 1. The van der Waals surface area contributed by atoms with Gasteiger partial charge in [0, 0.05) is 36.4 Å². The molecule has 0 atom stereocenters. The maximum absolute atomic E-state index is 4.38. The van der Waals surface area contributed by atoms with Gasteiger partial charge >= 0.3 is 0 Å². The lowest BCUT2D eigenvalue weighted by molar-refractivity contribution is 0.928. The van der Waals surface area contributed by atoms with Crippen LogP contribution in [-0.2, 0) is 0 Å². The third-order valence-corrected chi connectivity index (χ3v) is 3.96. The van der Waals surface area contributed by atoms with Gasteiger partial charge in [-0.05, 0) is 37.1 Å². The zero-order chi connectivity index (χ0) is 14.8. The van der Waals surface area contributed by atoms with E-state index in [1.54, 1.807) is 6.33 Å². The summed E-state index contributed by atoms with van der Waals surface area (Å²) in [5.41, 5.74) is 2.00. The third kappa shape index (κ3) is 2.57. The van der Waals surface area contributed by atoms with E-state index in [-0.39, 0.29) is 0 Å². The molecule has 0 spiro atoms. The van der Waals surface area contributed by atoms with Crippen molar-refractivity contribution in [1.82, 2.24) is 15.0 Å². The zero-order valence-corrected chi connectivity index (χ0v) is 12.2. The first-order chi connectivity index (χ1) is 10.9. The largest absolute Gasteiger partial charge is 0.356 e. The van der Waals surface area contributed by atoms with Gasteiger partial charge in [-0.3, -0.25) is 4.98 Å². The zero-order valence-electron chi connectivity index (χ0n) is 12.2. The fourth-order valence-electron chi connectivity index (χ4n) is 2.84. The summed E-state index contributed by atoms with van der Waals surface area (Å²) in [7, 11) is 0. The maximum Gasteiger partial charge on any atom is 0.135 e. The fourth-order valence-corrected chi connectivity index (χ4v) is 2.84. The molecule has 22 heavy (non-hydrogen) atoms. The number of fused-ring (bicyclic) bond motifs is 1. The van der Waals surface area contributed by atoms with Gasteiger partial charge in [-0.2, -0.15) is 0 Å². The lowest BCUT2D eigenvalue weighted by Gasteiger charge is -2.16. The lowest BCUT2D eigenvalue weighted by Crippen LogP contribution is -2.19. The number of nitrogens with one attached hydrogen (secondary N) is 1. The molecule has 3 heterocycles. The highest BCUT2D eigenvalue weighted by atomic mass is 15.2. The van der Waals surface area contributed by atoms with Crippen molar-refractivity contribution in [3.8, 4) is 0 Å². The van der Waals surface area contributed by atoms with Crippen molar-refractivity contribution in [2.75, 3.05) is 23.3 Å². The molecule has 0 bridgehead atoms. The quantitative estimate of drug-likeness (QED) is 0.802. The summed E-state index contributed by atoms with van der Waals surface area (Å²) >= 11 is 0. The smallest absolute Gasteiger partial charge is 0.135 e. The lowest BCUT2D eigenvalue weighted by atomic mass is 10.2. The first-order valence-electron chi connectivity index (χ1n) is 7.57. The highest BCUT2D eigenvalue weighted by molar-refractivity contribution is 5.83. The van der Waals surface area contributed by atoms with Crippen LogP contribution in [0.1, 0.15) is 12.8 Å². The van der Waals surface area contributed by atoms with Gasteiger partial charge in [0.1, 0.15) is 18.0 Å². The van der Waals surface area contributed by atoms with Gasteiger partial charge < -0.3 is 10.2 Å². The van der Waals surface area contributed by atoms with E-state index >= 15 is 0 Å². The van der Waals surface area contributed by atoms with Gasteiger partial charge in [0.2, 0.25) is 0 Å². The second-order valence-electron chi connectivity index (χ2n) is 5.49. The summed E-state index contributed by atoms with van der Waals surface area (Å²) in [6, 6.07) is 12.1. The molecule has 1 fully saturated rings. The van der Waals surface area contributed by atoms with Gasteiger partial charge in [-0.15, -0.1) is 0 Å². The van der Waals surface area contributed by atoms with Crippen LogP contribution in [0.2, 0.25) is 0 Å². The van der Waals surface area contributed by atoms with Crippen LogP contribution in [0.25, 0.3) is 10.9 Å². The van der Waals surface area contributed by atoms with E-state index in [1.807, 2.05) is 30.5 Å². The van der Waals surface area contributed by atoms with Crippen LogP contribution in [0.15, 0.2) is 48.9 Å². The Morgan fingerprint density at radius 3 is 2.77 bits per heavy atom. The van der Waals surface area contributed by atoms with Crippen molar-refractivity contribution in [3.05, 3.63) is 48.9 Å². The Morgan fingerprint density at radius 1 is 0.955 bits per heavy atom. The standard InChI is InChI=1S/C17H17N5/c1-2-9-22(8-1)17-11-16(19-12-20-17)21-14-5-6-15-13(10-14)4-3-7-18-15/h3-7,10-12H,1-2,8-9H2,(H,19,20,21). The highest BCUT2D eigenvalue weighted by Gasteiger charge is 2.14. The summed E-state index contributed by atoms with van der Waals surface area (Å²) in [6.07, 6.45) is 5.91. The maximum atomic E-state index is 4.38. The molecule has 4 rings (SSSR count). The minimum atomic E-state index is 0.820. The molecule has 110 valence electrons. The monoisotopic (exact) mass is 291 g/mol. The van der Waals surface area contributed by atoms with E-state index in [0.29, 0.717) is 0 Å². The topological polar surface area (TPSA) is 53.9 Å². The number of pyridine rings is 1. The van der Waals surface area contributed by atoms with E-state index in [4.69, 9.17) is 0 Å². The predicted molar refractivity (Wildman–Crippen MR) is 88.5 cm³/mol. The summed E-state index contributed by atoms with van der Waals surface area (Å²) in [5, 5.41) is 4.47. The fraction of sp³-hybridized carbons (Fsp3) is 0.235. The molecule has 0 radical (unpaired) electrons. The van der Waals surface area contributed by atoms with Crippen molar-refractivity contribution in [2.24, 2.45) is 0 Å². The average Bonchev–Trinajstić information content (AvgIpc) is 3.10. The number of nitrogens with zero attached hydrogens (tertiary/aromatic N) is 4. The molecule has 1 aliphatic heterocycles. The molecule has 1 N–H and O–H groups in total. The van der Waals surface area contributed by atoms with Crippen molar-refractivity contribution >= 4 is 28.2 Å². The van der Waals surface area contributed by atoms with E-state index in [0.717, 1.165) is 41.3 Å². The van der Waals surface area contributed by atoms with E-state index in [2.05, 4.69) is 37.3 Å². The average molecular weight is 291 g/mol. The van der Waals surface area contributed by atoms with Crippen LogP contribution in [0.5, 0.6) is 0 Å². The van der Waals surface area contributed by atoms with E-state index in [9.17, 15) is 0 Å². The second-order valence-corrected chi connectivity index (χ2v) is 5.49. The molecule has 2 aromatic heterocycles. The Kier molecular flexibility index (Phi) is 3.31. The first kappa shape index (κ1) is 13.0. The van der Waals surface area contributed by atoms with Gasteiger partial charge in [0.05, 0.1) is 5.52 Å². The van der Waals surface area contributed by atoms with Crippen molar-refractivity contribution in [3.63, 3.8) is 0 Å². The van der Waals surface area contributed by atoms with Crippen LogP contribution in [-0.4, -0.2) is 28.0 Å². The minimum absolute atomic E-state index is 0.820.